The van der Waals surface area contributed by atoms with Crippen LogP contribution in [0.4, 0.5) is 0 Å². The fourth-order valence-electron chi connectivity index (χ4n) is 1.12. The standard InChI is InChI=1S/C9H17N3O2/c1-12(9(14)4-5-10)6-8(13)11-7-2-3-7/h7H,2-6,10H2,1H3,(H,11,13). The molecule has 0 aliphatic heterocycles. The number of amides is 2. The smallest absolute Gasteiger partial charge is 0.239 e. The maximum Gasteiger partial charge on any atom is 0.239 e. The molecule has 0 saturated heterocycles. The van der Waals surface area contributed by atoms with E-state index in [-0.39, 0.29) is 18.4 Å². The molecule has 1 aliphatic rings. The second kappa shape index (κ2) is 4.95. The summed E-state index contributed by atoms with van der Waals surface area (Å²) >= 11 is 0. The van der Waals surface area contributed by atoms with Gasteiger partial charge in [-0.25, -0.2) is 0 Å². The van der Waals surface area contributed by atoms with Crippen LogP contribution in [0.25, 0.3) is 0 Å². The number of carbonyl (C=O) groups is 2. The average molecular weight is 199 g/mol. The Morgan fingerprint density at radius 3 is 2.64 bits per heavy atom. The van der Waals surface area contributed by atoms with Gasteiger partial charge in [0, 0.05) is 26.1 Å². The molecule has 5 heteroatoms. The van der Waals surface area contributed by atoms with Gasteiger partial charge in [-0.1, -0.05) is 0 Å². The van der Waals surface area contributed by atoms with E-state index in [9.17, 15) is 9.59 Å². The first-order chi connectivity index (χ1) is 6.63. The molecular formula is C9H17N3O2. The van der Waals surface area contributed by atoms with Gasteiger partial charge in [0.25, 0.3) is 0 Å². The molecule has 0 heterocycles. The van der Waals surface area contributed by atoms with Gasteiger partial charge < -0.3 is 16.0 Å². The molecule has 1 aliphatic carbocycles. The molecule has 0 atom stereocenters. The van der Waals surface area contributed by atoms with E-state index in [1.165, 1.54) is 4.90 Å². The van der Waals surface area contributed by atoms with E-state index in [1.54, 1.807) is 7.05 Å². The van der Waals surface area contributed by atoms with Crippen molar-refractivity contribution in [2.75, 3.05) is 20.1 Å². The van der Waals surface area contributed by atoms with Crippen LogP contribution in [0.3, 0.4) is 0 Å². The highest BCUT2D eigenvalue weighted by atomic mass is 16.2. The third kappa shape index (κ3) is 3.74. The predicted octanol–water partition coefficient (Wildman–Crippen LogP) is -0.928. The molecule has 14 heavy (non-hydrogen) atoms. The molecule has 0 bridgehead atoms. The summed E-state index contributed by atoms with van der Waals surface area (Å²) in [5.41, 5.74) is 5.24. The minimum Gasteiger partial charge on any atom is -0.352 e. The van der Waals surface area contributed by atoms with Crippen LogP contribution in [-0.4, -0.2) is 42.9 Å². The number of nitrogens with zero attached hydrogens (tertiary/aromatic N) is 1. The van der Waals surface area contributed by atoms with Gasteiger partial charge in [-0.3, -0.25) is 9.59 Å². The van der Waals surface area contributed by atoms with Crippen molar-refractivity contribution >= 4 is 11.8 Å². The molecule has 0 aromatic heterocycles. The Morgan fingerprint density at radius 2 is 2.14 bits per heavy atom. The van der Waals surface area contributed by atoms with Crippen molar-refractivity contribution in [3.05, 3.63) is 0 Å². The molecule has 0 aromatic rings. The van der Waals surface area contributed by atoms with Crippen LogP contribution in [0.1, 0.15) is 19.3 Å². The van der Waals surface area contributed by atoms with Gasteiger partial charge in [-0.05, 0) is 12.8 Å². The van der Waals surface area contributed by atoms with E-state index < -0.39 is 0 Å². The average Bonchev–Trinajstić information content (AvgIpc) is 2.88. The lowest BCUT2D eigenvalue weighted by molar-refractivity contribution is -0.134. The van der Waals surface area contributed by atoms with Gasteiger partial charge in [0.05, 0.1) is 6.54 Å². The maximum absolute atomic E-state index is 11.3. The fraction of sp³-hybridized carbons (Fsp3) is 0.778. The molecule has 0 spiro atoms. The molecule has 0 aromatic carbocycles. The normalized spacial score (nSPS) is 15.0. The van der Waals surface area contributed by atoms with Gasteiger partial charge in [0.2, 0.25) is 11.8 Å². The number of hydrogen-bond donors (Lipinski definition) is 2. The molecule has 0 unspecified atom stereocenters. The molecule has 80 valence electrons. The number of carbonyl (C=O) groups excluding carboxylic acids is 2. The Hall–Kier alpha value is -1.10. The monoisotopic (exact) mass is 199 g/mol. The van der Waals surface area contributed by atoms with E-state index in [4.69, 9.17) is 5.73 Å². The van der Waals surface area contributed by atoms with Gasteiger partial charge >= 0.3 is 0 Å². The topological polar surface area (TPSA) is 75.4 Å². The van der Waals surface area contributed by atoms with Crippen molar-refractivity contribution in [2.45, 2.75) is 25.3 Å². The second-order valence-electron chi connectivity index (χ2n) is 3.63. The van der Waals surface area contributed by atoms with Gasteiger partial charge in [0.1, 0.15) is 0 Å². The van der Waals surface area contributed by atoms with Crippen molar-refractivity contribution in [1.82, 2.24) is 10.2 Å². The first-order valence-corrected chi connectivity index (χ1v) is 4.87. The summed E-state index contributed by atoms with van der Waals surface area (Å²) in [5, 5.41) is 2.82. The van der Waals surface area contributed by atoms with Crippen LogP contribution < -0.4 is 11.1 Å². The summed E-state index contributed by atoms with van der Waals surface area (Å²) in [6.45, 7) is 0.461. The van der Waals surface area contributed by atoms with E-state index in [0.717, 1.165) is 12.8 Å². The Balaban J connectivity index is 2.20. The number of likely N-dealkylation sites (N-methyl/N-ethyl adjacent to an activating group) is 1. The lowest BCUT2D eigenvalue weighted by atomic mass is 10.3. The summed E-state index contributed by atoms with van der Waals surface area (Å²) < 4.78 is 0. The lowest BCUT2D eigenvalue weighted by Gasteiger charge is -2.16. The maximum atomic E-state index is 11.3. The highest BCUT2D eigenvalue weighted by Crippen LogP contribution is 2.18. The van der Waals surface area contributed by atoms with Crippen LogP contribution in [0.2, 0.25) is 0 Å². The molecular weight excluding hydrogens is 182 g/mol. The summed E-state index contributed by atoms with van der Waals surface area (Å²) in [6.07, 6.45) is 2.42. The van der Waals surface area contributed by atoms with Crippen LogP contribution >= 0.6 is 0 Å². The third-order valence-corrected chi connectivity index (χ3v) is 2.11. The van der Waals surface area contributed by atoms with Crippen LogP contribution in [-0.2, 0) is 9.59 Å². The number of nitrogens with one attached hydrogen (secondary N) is 1. The number of hydrogen-bond acceptors (Lipinski definition) is 3. The van der Waals surface area contributed by atoms with E-state index in [1.807, 2.05) is 0 Å². The van der Waals surface area contributed by atoms with Crippen molar-refractivity contribution in [1.29, 1.82) is 0 Å². The zero-order valence-electron chi connectivity index (χ0n) is 8.45. The molecule has 1 fully saturated rings. The van der Waals surface area contributed by atoms with Crippen LogP contribution in [0.15, 0.2) is 0 Å². The molecule has 1 saturated carbocycles. The summed E-state index contributed by atoms with van der Waals surface area (Å²) in [5.74, 6) is -0.168. The molecule has 1 rings (SSSR count). The number of nitrogens with two attached hydrogens (primary N) is 1. The summed E-state index contributed by atoms with van der Waals surface area (Å²) in [6, 6.07) is 0.348. The first-order valence-electron chi connectivity index (χ1n) is 4.87. The third-order valence-electron chi connectivity index (χ3n) is 2.11. The summed E-state index contributed by atoms with van der Waals surface area (Å²) in [7, 11) is 1.62. The fourth-order valence-corrected chi connectivity index (χ4v) is 1.12. The SMILES string of the molecule is CN(CC(=O)NC1CC1)C(=O)CCN. The number of rotatable bonds is 5. The van der Waals surface area contributed by atoms with E-state index in [0.29, 0.717) is 19.0 Å². The Bertz CT molecular complexity index is 226. The highest BCUT2D eigenvalue weighted by Gasteiger charge is 2.24. The molecule has 0 radical (unpaired) electrons. The first kappa shape index (κ1) is 11.0. The molecule has 3 N–H and O–H groups in total. The largest absolute Gasteiger partial charge is 0.352 e. The Morgan fingerprint density at radius 1 is 1.50 bits per heavy atom. The minimum absolute atomic E-state index is 0.0830. The van der Waals surface area contributed by atoms with Crippen molar-refractivity contribution in [3.63, 3.8) is 0 Å². The summed E-state index contributed by atoms with van der Waals surface area (Å²) in [4.78, 5) is 23.9. The zero-order chi connectivity index (χ0) is 10.6. The lowest BCUT2D eigenvalue weighted by Crippen LogP contribution is -2.39. The molecule has 2 amide bonds. The van der Waals surface area contributed by atoms with Crippen LogP contribution in [0, 0.1) is 0 Å². The van der Waals surface area contributed by atoms with E-state index in [2.05, 4.69) is 5.32 Å². The van der Waals surface area contributed by atoms with Crippen molar-refractivity contribution < 1.29 is 9.59 Å². The Kier molecular flexibility index (Phi) is 3.88. The van der Waals surface area contributed by atoms with Gasteiger partial charge in [-0.15, -0.1) is 0 Å². The quantitative estimate of drug-likeness (QED) is 0.601. The van der Waals surface area contributed by atoms with Gasteiger partial charge in [-0.2, -0.15) is 0 Å². The van der Waals surface area contributed by atoms with Gasteiger partial charge in [0.15, 0.2) is 0 Å². The van der Waals surface area contributed by atoms with Crippen molar-refractivity contribution in [2.24, 2.45) is 5.73 Å². The zero-order valence-corrected chi connectivity index (χ0v) is 8.45. The molecule has 5 nitrogen and oxygen atoms in total. The predicted molar refractivity (Wildman–Crippen MR) is 52.5 cm³/mol. The minimum atomic E-state index is -0.0848. The Labute approximate surface area is 83.6 Å². The second-order valence-corrected chi connectivity index (χ2v) is 3.63. The van der Waals surface area contributed by atoms with E-state index >= 15 is 0 Å². The van der Waals surface area contributed by atoms with Crippen LogP contribution in [0.5, 0.6) is 0 Å². The highest BCUT2D eigenvalue weighted by molar-refractivity contribution is 5.84. The van der Waals surface area contributed by atoms with Crippen molar-refractivity contribution in [3.8, 4) is 0 Å².